The standard InChI is InChI=1S/C29H39N9O3/c1-6-13-30-24-20(17-33-27(36-24)35-22-16-21-18-34-37(5)25(21)32-19-22)11-8-7-9-14-31-26(39)23-12-10-15-38(23)28(40)41-29(2,3)4/h16-19,23H,6-7,9-10,12-15H2,1-5H3,(H,31,39)(H2,30,33,35,36)/t23-/m0/s1. The monoisotopic (exact) mass is 561 g/mol. The van der Waals surface area contributed by atoms with E-state index >= 15 is 0 Å². The molecule has 4 heterocycles. The summed E-state index contributed by atoms with van der Waals surface area (Å²) < 4.78 is 7.17. The highest BCUT2D eigenvalue weighted by atomic mass is 16.6. The normalized spacial score (nSPS) is 14.9. The first-order chi connectivity index (χ1) is 19.6. The van der Waals surface area contributed by atoms with Crippen LogP contribution in [0.2, 0.25) is 0 Å². The number of unbranched alkanes of at least 4 members (excludes halogenated alkanes) is 1. The van der Waals surface area contributed by atoms with E-state index in [4.69, 9.17) is 4.74 Å². The third-order valence-electron chi connectivity index (χ3n) is 6.34. The van der Waals surface area contributed by atoms with Crippen LogP contribution >= 0.6 is 0 Å². The molecule has 0 unspecified atom stereocenters. The Morgan fingerprint density at radius 3 is 2.78 bits per heavy atom. The highest BCUT2D eigenvalue weighted by molar-refractivity contribution is 5.86. The zero-order valence-electron chi connectivity index (χ0n) is 24.5. The topological polar surface area (TPSA) is 139 Å². The van der Waals surface area contributed by atoms with E-state index in [1.54, 1.807) is 23.3 Å². The van der Waals surface area contributed by atoms with Crippen LogP contribution in [0.25, 0.3) is 11.0 Å². The number of carbonyl (C=O) groups is 2. The zero-order valence-corrected chi connectivity index (χ0v) is 24.5. The van der Waals surface area contributed by atoms with Crippen molar-refractivity contribution in [3.63, 3.8) is 0 Å². The van der Waals surface area contributed by atoms with E-state index in [2.05, 4.69) is 54.8 Å². The van der Waals surface area contributed by atoms with Gasteiger partial charge in [-0.1, -0.05) is 18.8 Å². The van der Waals surface area contributed by atoms with Crippen molar-refractivity contribution in [3.8, 4) is 11.8 Å². The SMILES string of the molecule is CCCNc1nc(Nc2cnc3c(cnn3C)c2)ncc1C#CCCCNC(=O)[C@@H]1CCCN1C(=O)OC(C)(C)C. The molecule has 41 heavy (non-hydrogen) atoms. The fraction of sp³-hybridized carbons (Fsp3) is 0.517. The third-order valence-corrected chi connectivity index (χ3v) is 6.34. The summed E-state index contributed by atoms with van der Waals surface area (Å²) in [6, 6.07) is 1.46. The van der Waals surface area contributed by atoms with Crippen molar-refractivity contribution in [1.29, 1.82) is 0 Å². The van der Waals surface area contributed by atoms with Gasteiger partial charge < -0.3 is 20.7 Å². The number of anilines is 3. The van der Waals surface area contributed by atoms with E-state index in [1.807, 2.05) is 33.9 Å². The Balaban J connectivity index is 1.30. The maximum absolute atomic E-state index is 12.7. The van der Waals surface area contributed by atoms with E-state index < -0.39 is 17.7 Å². The van der Waals surface area contributed by atoms with E-state index in [1.165, 1.54) is 4.90 Å². The van der Waals surface area contributed by atoms with E-state index in [0.717, 1.165) is 36.1 Å². The number of nitrogens with zero attached hydrogens (tertiary/aromatic N) is 6. The fourth-order valence-corrected chi connectivity index (χ4v) is 4.39. The minimum Gasteiger partial charge on any atom is -0.444 e. The average Bonchev–Trinajstić information content (AvgIpc) is 3.56. The number of amides is 2. The Hall–Kier alpha value is -4.40. The summed E-state index contributed by atoms with van der Waals surface area (Å²) in [4.78, 5) is 40.2. The van der Waals surface area contributed by atoms with Crippen LogP contribution in [-0.4, -0.2) is 72.9 Å². The number of nitrogens with one attached hydrogen (secondary N) is 3. The van der Waals surface area contributed by atoms with Crippen LogP contribution in [0.4, 0.5) is 22.2 Å². The molecule has 3 aromatic heterocycles. The van der Waals surface area contributed by atoms with Crippen molar-refractivity contribution >= 4 is 40.5 Å². The number of rotatable bonds is 9. The maximum atomic E-state index is 12.7. The van der Waals surface area contributed by atoms with E-state index in [-0.39, 0.29) is 5.91 Å². The quantitative estimate of drug-likeness (QED) is 0.262. The molecule has 0 bridgehead atoms. The number of ether oxygens (including phenoxy) is 1. The van der Waals surface area contributed by atoms with Gasteiger partial charge in [0.25, 0.3) is 0 Å². The fourth-order valence-electron chi connectivity index (χ4n) is 4.39. The van der Waals surface area contributed by atoms with Gasteiger partial charge in [-0.25, -0.2) is 14.8 Å². The van der Waals surface area contributed by atoms with Crippen molar-refractivity contribution in [2.24, 2.45) is 7.05 Å². The van der Waals surface area contributed by atoms with Gasteiger partial charge >= 0.3 is 6.09 Å². The molecule has 0 aromatic carbocycles. The molecule has 0 saturated carbocycles. The summed E-state index contributed by atoms with van der Waals surface area (Å²) in [6.07, 6.45) is 8.37. The summed E-state index contributed by atoms with van der Waals surface area (Å²) in [5.74, 6) is 7.26. The first-order valence-corrected chi connectivity index (χ1v) is 14.1. The molecule has 0 spiro atoms. The molecule has 12 nitrogen and oxygen atoms in total. The predicted octanol–water partition coefficient (Wildman–Crippen LogP) is 3.97. The Morgan fingerprint density at radius 2 is 2.00 bits per heavy atom. The molecular weight excluding hydrogens is 522 g/mol. The van der Waals surface area contributed by atoms with Crippen molar-refractivity contribution < 1.29 is 14.3 Å². The van der Waals surface area contributed by atoms with Crippen molar-refractivity contribution in [2.45, 2.75) is 71.4 Å². The summed E-state index contributed by atoms with van der Waals surface area (Å²) in [7, 11) is 1.85. The second-order valence-corrected chi connectivity index (χ2v) is 10.9. The average molecular weight is 562 g/mol. The number of carbonyl (C=O) groups excluding carboxylic acids is 2. The first kappa shape index (κ1) is 29.6. The molecule has 3 aromatic rings. The highest BCUT2D eigenvalue weighted by Gasteiger charge is 2.36. The summed E-state index contributed by atoms with van der Waals surface area (Å²) in [5, 5.41) is 14.6. The van der Waals surface area contributed by atoms with Crippen molar-refractivity contribution in [3.05, 3.63) is 30.2 Å². The summed E-state index contributed by atoms with van der Waals surface area (Å²) >= 11 is 0. The number of hydrogen-bond acceptors (Lipinski definition) is 9. The molecule has 1 atom stereocenters. The minimum atomic E-state index is -0.597. The molecule has 1 fully saturated rings. The third kappa shape index (κ3) is 8.06. The molecule has 1 aliphatic rings. The molecule has 12 heteroatoms. The van der Waals surface area contributed by atoms with Gasteiger partial charge in [0.1, 0.15) is 17.5 Å². The van der Waals surface area contributed by atoms with Gasteiger partial charge in [0.15, 0.2) is 5.65 Å². The van der Waals surface area contributed by atoms with Crippen LogP contribution in [0, 0.1) is 11.8 Å². The van der Waals surface area contributed by atoms with Gasteiger partial charge in [-0.15, -0.1) is 0 Å². The number of likely N-dealkylation sites (tertiary alicyclic amines) is 1. The molecule has 3 N–H and O–H groups in total. The number of aryl methyl sites for hydroxylation is 1. The van der Waals surface area contributed by atoms with Gasteiger partial charge in [-0.3, -0.25) is 14.4 Å². The molecular formula is C29H39N9O3. The first-order valence-electron chi connectivity index (χ1n) is 14.1. The van der Waals surface area contributed by atoms with Crippen molar-refractivity contribution in [1.82, 2.24) is 34.9 Å². The largest absolute Gasteiger partial charge is 0.444 e. The Bertz CT molecular complexity index is 1430. The number of aromatic nitrogens is 5. The molecule has 218 valence electrons. The van der Waals surface area contributed by atoms with Crippen LogP contribution in [-0.2, 0) is 16.6 Å². The van der Waals surface area contributed by atoms with Crippen LogP contribution in [0.15, 0.2) is 24.7 Å². The van der Waals surface area contributed by atoms with E-state index in [0.29, 0.717) is 49.7 Å². The summed E-state index contributed by atoms with van der Waals surface area (Å²) in [6.45, 7) is 9.29. The summed E-state index contributed by atoms with van der Waals surface area (Å²) in [5.41, 5.74) is 1.67. The van der Waals surface area contributed by atoms with Gasteiger partial charge in [-0.2, -0.15) is 10.1 Å². The molecule has 0 radical (unpaired) electrons. The lowest BCUT2D eigenvalue weighted by molar-refractivity contribution is -0.125. The van der Waals surface area contributed by atoms with Gasteiger partial charge in [0.2, 0.25) is 11.9 Å². The Kier molecular flexibility index (Phi) is 9.60. The Labute approximate surface area is 240 Å². The van der Waals surface area contributed by atoms with Crippen LogP contribution in [0.5, 0.6) is 0 Å². The van der Waals surface area contributed by atoms with Gasteiger partial charge in [0, 0.05) is 38.5 Å². The van der Waals surface area contributed by atoms with E-state index in [9.17, 15) is 9.59 Å². The molecule has 1 aliphatic heterocycles. The molecule has 1 saturated heterocycles. The minimum absolute atomic E-state index is 0.151. The van der Waals surface area contributed by atoms with Crippen LogP contribution in [0.1, 0.15) is 65.4 Å². The lowest BCUT2D eigenvalue weighted by atomic mass is 10.2. The van der Waals surface area contributed by atoms with Crippen LogP contribution < -0.4 is 16.0 Å². The lowest BCUT2D eigenvalue weighted by Gasteiger charge is -2.28. The Morgan fingerprint density at radius 1 is 1.17 bits per heavy atom. The van der Waals surface area contributed by atoms with Gasteiger partial charge in [-0.05, 0) is 52.5 Å². The number of fused-ring (bicyclic) bond motifs is 1. The zero-order chi connectivity index (χ0) is 29.4. The lowest BCUT2D eigenvalue weighted by Crippen LogP contribution is -2.47. The maximum Gasteiger partial charge on any atom is 0.410 e. The molecule has 0 aliphatic carbocycles. The molecule has 2 amide bonds. The smallest absolute Gasteiger partial charge is 0.410 e. The van der Waals surface area contributed by atoms with Crippen molar-refractivity contribution in [2.75, 3.05) is 30.3 Å². The highest BCUT2D eigenvalue weighted by Crippen LogP contribution is 2.22. The molecule has 4 rings (SSSR count). The number of hydrogen-bond donors (Lipinski definition) is 3. The second kappa shape index (κ2) is 13.3. The number of pyridine rings is 1. The predicted molar refractivity (Wildman–Crippen MR) is 158 cm³/mol. The van der Waals surface area contributed by atoms with Gasteiger partial charge in [0.05, 0.1) is 29.8 Å². The van der Waals surface area contributed by atoms with Crippen LogP contribution in [0.3, 0.4) is 0 Å². The second-order valence-electron chi connectivity index (χ2n) is 10.9.